The molecule has 0 heterocycles. The van der Waals surface area contributed by atoms with Gasteiger partial charge in [0, 0.05) is 0 Å². The largest absolute Gasteiger partial charge is 0.481 e. The maximum absolute atomic E-state index is 12.4. The lowest BCUT2D eigenvalue weighted by Gasteiger charge is -2.23. The molecule has 0 aromatic heterocycles. The smallest absolute Gasteiger partial charge is 0.400 e. The minimum absolute atomic E-state index is 0.156. The SMILES string of the molecule is CC(C(=O)O)c1ccc(CC(C(F)(F)F)C(F)(F)F)cc1. The molecule has 1 aromatic carbocycles. The highest BCUT2D eigenvalue weighted by molar-refractivity contribution is 5.75. The van der Waals surface area contributed by atoms with Crippen LogP contribution in [0.1, 0.15) is 24.0 Å². The summed E-state index contributed by atoms with van der Waals surface area (Å²) in [5.74, 6) is -5.46. The van der Waals surface area contributed by atoms with E-state index in [0.717, 1.165) is 12.1 Å². The molecule has 1 rings (SSSR count). The Labute approximate surface area is 116 Å². The molecular weight excluding hydrogens is 302 g/mol. The lowest BCUT2D eigenvalue weighted by Crippen LogP contribution is -2.38. The summed E-state index contributed by atoms with van der Waals surface area (Å²) < 4.78 is 74.5. The van der Waals surface area contributed by atoms with Gasteiger partial charge in [-0.15, -0.1) is 0 Å². The zero-order valence-electron chi connectivity index (χ0n) is 10.8. The minimum atomic E-state index is -5.38. The number of rotatable bonds is 4. The van der Waals surface area contributed by atoms with Crippen LogP contribution in [0.25, 0.3) is 0 Å². The molecule has 21 heavy (non-hydrogen) atoms. The van der Waals surface area contributed by atoms with Crippen molar-refractivity contribution in [3.05, 3.63) is 35.4 Å². The number of alkyl halides is 6. The summed E-state index contributed by atoms with van der Waals surface area (Å²) in [6.07, 6.45) is -12.0. The fraction of sp³-hybridized carbons (Fsp3) is 0.462. The first-order valence-corrected chi connectivity index (χ1v) is 5.88. The first-order chi connectivity index (χ1) is 9.43. The van der Waals surface area contributed by atoms with Crippen LogP contribution in [0.15, 0.2) is 24.3 Å². The monoisotopic (exact) mass is 314 g/mol. The Kier molecular flexibility index (Phi) is 4.91. The Morgan fingerprint density at radius 1 is 1.05 bits per heavy atom. The lowest BCUT2D eigenvalue weighted by atomic mass is 9.95. The second kappa shape index (κ2) is 5.95. The molecule has 0 fully saturated rings. The van der Waals surface area contributed by atoms with Crippen LogP contribution < -0.4 is 0 Å². The normalized spacial score (nSPS) is 14.3. The van der Waals surface area contributed by atoms with Gasteiger partial charge in [-0.1, -0.05) is 24.3 Å². The fourth-order valence-electron chi connectivity index (χ4n) is 1.74. The fourth-order valence-corrected chi connectivity index (χ4v) is 1.74. The number of aliphatic carboxylic acids is 1. The van der Waals surface area contributed by atoms with E-state index in [1.807, 2.05) is 0 Å². The second-order valence-electron chi connectivity index (χ2n) is 4.64. The zero-order valence-corrected chi connectivity index (χ0v) is 10.8. The predicted molar refractivity (Wildman–Crippen MR) is 61.8 cm³/mol. The number of carbonyl (C=O) groups is 1. The highest BCUT2D eigenvalue weighted by atomic mass is 19.4. The first-order valence-electron chi connectivity index (χ1n) is 5.88. The molecule has 1 atom stereocenters. The number of halogens is 6. The minimum Gasteiger partial charge on any atom is -0.481 e. The maximum Gasteiger partial charge on any atom is 0.400 e. The van der Waals surface area contributed by atoms with E-state index in [-0.39, 0.29) is 5.56 Å². The van der Waals surface area contributed by atoms with Gasteiger partial charge in [-0.25, -0.2) is 0 Å². The molecular formula is C13H12F6O2. The van der Waals surface area contributed by atoms with E-state index in [1.165, 1.54) is 19.1 Å². The van der Waals surface area contributed by atoms with E-state index in [0.29, 0.717) is 5.56 Å². The number of hydrogen-bond donors (Lipinski definition) is 1. The molecule has 1 unspecified atom stereocenters. The molecule has 1 N–H and O–H groups in total. The standard InChI is InChI=1S/C13H12F6O2/c1-7(11(20)21)9-4-2-8(3-5-9)6-10(12(14,15)16)13(17,18)19/h2-5,7,10H,6H2,1H3,(H,20,21). The third-order valence-corrected chi connectivity index (χ3v) is 3.08. The summed E-state index contributed by atoms with van der Waals surface area (Å²) in [7, 11) is 0. The topological polar surface area (TPSA) is 37.3 Å². The molecule has 0 amide bonds. The summed E-state index contributed by atoms with van der Waals surface area (Å²) >= 11 is 0. The zero-order chi connectivity index (χ0) is 16.4. The summed E-state index contributed by atoms with van der Waals surface area (Å²) in [6.45, 7) is 1.37. The summed E-state index contributed by atoms with van der Waals surface area (Å²) in [5, 5.41) is 8.77. The number of carboxylic acids is 1. The molecule has 118 valence electrons. The van der Waals surface area contributed by atoms with Crippen molar-refractivity contribution in [2.45, 2.75) is 31.6 Å². The van der Waals surface area contributed by atoms with Crippen molar-refractivity contribution in [1.82, 2.24) is 0 Å². The molecule has 0 aliphatic heterocycles. The van der Waals surface area contributed by atoms with Gasteiger partial charge in [-0.3, -0.25) is 4.79 Å². The molecule has 0 saturated heterocycles. The average Bonchev–Trinajstić information content (AvgIpc) is 2.33. The lowest BCUT2D eigenvalue weighted by molar-refractivity contribution is -0.283. The maximum atomic E-state index is 12.4. The highest BCUT2D eigenvalue weighted by Gasteiger charge is 2.56. The van der Waals surface area contributed by atoms with Crippen LogP contribution in [0.4, 0.5) is 26.3 Å². The summed E-state index contributed by atoms with van der Waals surface area (Å²) in [5.41, 5.74) is 0.151. The van der Waals surface area contributed by atoms with Crippen LogP contribution in [0.5, 0.6) is 0 Å². The van der Waals surface area contributed by atoms with Gasteiger partial charge in [-0.05, 0) is 24.5 Å². The van der Waals surface area contributed by atoms with Crippen LogP contribution in [0, 0.1) is 5.92 Å². The molecule has 0 aliphatic rings. The summed E-state index contributed by atoms with van der Waals surface area (Å²) in [4.78, 5) is 10.7. The van der Waals surface area contributed by atoms with Crippen LogP contribution in [0.3, 0.4) is 0 Å². The number of carboxylic acid groups (broad SMARTS) is 1. The van der Waals surface area contributed by atoms with Gasteiger partial charge in [0.1, 0.15) is 0 Å². The third-order valence-electron chi connectivity index (χ3n) is 3.08. The van der Waals surface area contributed by atoms with Crippen LogP contribution in [0.2, 0.25) is 0 Å². The number of benzene rings is 1. The van der Waals surface area contributed by atoms with E-state index >= 15 is 0 Å². The van der Waals surface area contributed by atoms with E-state index in [9.17, 15) is 31.1 Å². The van der Waals surface area contributed by atoms with Gasteiger partial charge in [0.05, 0.1) is 5.92 Å². The number of hydrogen-bond acceptors (Lipinski definition) is 1. The molecule has 0 aliphatic carbocycles. The molecule has 0 saturated carbocycles. The third kappa shape index (κ3) is 4.64. The first kappa shape index (κ1) is 17.3. The Morgan fingerprint density at radius 3 is 1.81 bits per heavy atom. The van der Waals surface area contributed by atoms with Gasteiger partial charge in [0.15, 0.2) is 5.92 Å². The second-order valence-corrected chi connectivity index (χ2v) is 4.64. The van der Waals surface area contributed by atoms with Gasteiger partial charge in [0.2, 0.25) is 0 Å². The average molecular weight is 314 g/mol. The molecule has 8 heteroatoms. The van der Waals surface area contributed by atoms with E-state index in [2.05, 4.69) is 0 Å². The molecule has 1 aromatic rings. The molecule has 0 radical (unpaired) electrons. The molecule has 0 spiro atoms. The van der Waals surface area contributed by atoms with Crippen molar-refractivity contribution in [2.75, 3.05) is 0 Å². The van der Waals surface area contributed by atoms with Crippen LogP contribution >= 0.6 is 0 Å². The van der Waals surface area contributed by atoms with Crippen molar-refractivity contribution in [1.29, 1.82) is 0 Å². The molecule has 0 bridgehead atoms. The van der Waals surface area contributed by atoms with Crippen molar-refractivity contribution < 1.29 is 36.2 Å². The van der Waals surface area contributed by atoms with Crippen molar-refractivity contribution >= 4 is 5.97 Å². The van der Waals surface area contributed by atoms with E-state index in [4.69, 9.17) is 5.11 Å². The van der Waals surface area contributed by atoms with Crippen molar-refractivity contribution in [3.8, 4) is 0 Å². The molecule has 2 nitrogen and oxygen atoms in total. The predicted octanol–water partition coefficient (Wildman–Crippen LogP) is 4.16. The Bertz CT molecular complexity index is 475. The van der Waals surface area contributed by atoms with Crippen molar-refractivity contribution in [3.63, 3.8) is 0 Å². The Balaban J connectivity index is 2.94. The highest BCUT2D eigenvalue weighted by Crippen LogP contribution is 2.41. The van der Waals surface area contributed by atoms with Crippen LogP contribution in [-0.4, -0.2) is 23.4 Å². The Hall–Kier alpha value is -1.73. The van der Waals surface area contributed by atoms with Gasteiger partial charge in [-0.2, -0.15) is 26.3 Å². The van der Waals surface area contributed by atoms with Gasteiger partial charge >= 0.3 is 18.3 Å². The quantitative estimate of drug-likeness (QED) is 0.847. The van der Waals surface area contributed by atoms with Gasteiger partial charge < -0.3 is 5.11 Å². The van der Waals surface area contributed by atoms with E-state index < -0.39 is 36.6 Å². The van der Waals surface area contributed by atoms with Crippen molar-refractivity contribution in [2.24, 2.45) is 5.92 Å². The van der Waals surface area contributed by atoms with Gasteiger partial charge in [0.25, 0.3) is 0 Å². The van der Waals surface area contributed by atoms with Crippen LogP contribution in [-0.2, 0) is 11.2 Å². The summed E-state index contributed by atoms with van der Waals surface area (Å²) in [6, 6.07) is 4.61. The van der Waals surface area contributed by atoms with E-state index in [1.54, 1.807) is 0 Å². The Morgan fingerprint density at radius 2 is 1.48 bits per heavy atom.